The maximum atomic E-state index is 11.8. The van der Waals surface area contributed by atoms with Crippen LogP contribution in [0, 0.1) is 17.8 Å². The molecule has 128 valence electrons. The Morgan fingerprint density at radius 3 is 2.71 bits per heavy atom. The Morgan fingerprint density at radius 1 is 1.25 bits per heavy atom. The first-order valence-corrected chi connectivity index (χ1v) is 8.59. The van der Waals surface area contributed by atoms with Crippen LogP contribution in [0.25, 0.3) is 11.0 Å². The third kappa shape index (κ3) is 4.61. The molecule has 0 saturated carbocycles. The lowest BCUT2D eigenvalue weighted by molar-refractivity contribution is -0.128. The highest BCUT2D eigenvalue weighted by Gasteiger charge is 2.20. The summed E-state index contributed by atoms with van der Waals surface area (Å²) in [4.78, 5) is 16.5. The topological polar surface area (TPSA) is 46.9 Å². The normalized spacial score (nSPS) is 11.4. The number of amides is 1. The van der Waals surface area contributed by atoms with Gasteiger partial charge in [-0.3, -0.25) is 4.79 Å². The molecular formula is C20H27N3O. The van der Waals surface area contributed by atoms with Gasteiger partial charge in [-0.15, -0.1) is 6.42 Å². The average Bonchev–Trinajstić information content (AvgIpc) is 2.88. The summed E-state index contributed by atoms with van der Waals surface area (Å²) in [6.07, 6.45) is 9.49. The maximum absolute atomic E-state index is 11.8. The molecule has 1 heterocycles. The Labute approximate surface area is 144 Å². The van der Waals surface area contributed by atoms with Crippen molar-refractivity contribution >= 4 is 16.9 Å². The van der Waals surface area contributed by atoms with Crippen LogP contribution in [0.2, 0.25) is 0 Å². The van der Waals surface area contributed by atoms with E-state index in [9.17, 15) is 4.79 Å². The lowest BCUT2D eigenvalue weighted by Gasteiger charge is -2.17. The van der Waals surface area contributed by atoms with Gasteiger partial charge in [0.25, 0.3) is 0 Å². The van der Waals surface area contributed by atoms with Gasteiger partial charge in [0, 0.05) is 18.4 Å². The predicted molar refractivity (Wildman–Crippen MR) is 98.6 cm³/mol. The minimum absolute atomic E-state index is 0.110. The number of imidazole rings is 1. The Bertz CT molecular complexity index is 731. The molecule has 4 heteroatoms. The second-order valence-electron chi connectivity index (χ2n) is 7.12. The molecule has 0 fully saturated rings. The standard InChI is InChI=1S/C20H27N3O/c1-5-15-23-17-12-9-8-11-16(17)22-18(23)13-7-6-10-14-21-19(24)20(2,3)4/h1,8-9,11-12H,6-7,10,13-15H2,2-4H3,(H,21,24). The molecule has 0 atom stereocenters. The quantitative estimate of drug-likeness (QED) is 0.625. The zero-order valence-corrected chi connectivity index (χ0v) is 14.9. The van der Waals surface area contributed by atoms with E-state index in [0.717, 1.165) is 49.1 Å². The fourth-order valence-corrected chi connectivity index (χ4v) is 2.64. The van der Waals surface area contributed by atoms with Crippen LogP contribution in [0.4, 0.5) is 0 Å². The second-order valence-corrected chi connectivity index (χ2v) is 7.12. The summed E-state index contributed by atoms with van der Waals surface area (Å²) in [5, 5.41) is 2.99. The Balaban J connectivity index is 1.83. The first-order valence-electron chi connectivity index (χ1n) is 8.59. The largest absolute Gasteiger partial charge is 0.356 e. The van der Waals surface area contributed by atoms with Crippen LogP contribution in [-0.4, -0.2) is 22.0 Å². The molecule has 1 N–H and O–H groups in total. The van der Waals surface area contributed by atoms with Crippen molar-refractivity contribution in [1.29, 1.82) is 0 Å². The van der Waals surface area contributed by atoms with E-state index < -0.39 is 0 Å². The van der Waals surface area contributed by atoms with E-state index in [4.69, 9.17) is 11.4 Å². The van der Waals surface area contributed by atoms with Crippen LogP contribution in [0.1, 0.15) is 45.9 Å². The first kappa shape index (κ1) is 18.1. The average molecular weight is 325 g/mol. The summed E-state index contributed by atoms with van der Waals surface area (Å²) >= 11 is 0. The molecule has 1 aromatic heterocycles. The first-order chi connectivity index (χ1) is 11.4. The molecule has 4 nitrogen and oxygen atoms in total. The summed E-state index contributed by atoms with van der Waals surface area (Å²) in [5.74, 6) is 3.87. The fraction of sp³-hybridized carbons (Fsp3) is 0.500. The maximum Gasteiger partial charge on any atom is 0.225 e. The van der Waals surface area contributed by atoms with Crippen molar-refractivity contribution in [2.24, 2.45) is 5.41 Å². The van der Waals surface area contributed by atoms with E-state index in [1.807, 2.05) is 39.0 Å². The summed E-state index contributed by atoms with van der Waals surface area (Å²) in [6, 6.07) is 8.09. The molecule has 0 aliphatic carbocycles. The fourth-order valence-electron chi connectivity index (χ4n) is 2.64. The molecule has 2 aromatic rings. The van der Waals surface area contributed by atoms with Gasteiger partial charge < -0.3 is 9.88 Å². The number of hydrogen-bond donors (Lipinski definition) is 1. The van der Waals surface area contributed by atoms with Gasteiger partial charge in [0.2, 0.25) is 5.91 Å². The molecule has 1 aromatic carbocycles. The molecular weight excluding hydrogens is 298 g/mol. The molecule has 0 aliphatic rings. The highest BCUT2D eigenvalue weighted by atomic mass is 16.2. The number of rotatable bonds is 7. The molecule has 0 unspecified atom stereocenters. The van der Waals surface area contributed by atoms with Gasteiger partial charge in [-0.2, -0.15) is 0 Å². The number of nitrogens with zero attached hydrogens (tertiary/aromatic N) is 2. The Kier molecular flexibility index (Phi) is 6.03. The summed E-state index contributed by atoms with van der Waals surface area (Å²) in [5.41, 5.74) is 1.78. The van der Waals surface area contributed by atoms with E-state index in [0.29, 0.717) is 6.54 Å². The van der Waals surface area contributed by atoms with Crippen molar-refractivity contribution in [2.45, 2.75) is 53.0 Å². The molecule has 0 saturated heterocycles. The highest BCUT2D eigenvalue weighted by Crippen LogP contribution is 2.17. The molecule has 2 rings (SSSR count). The number of para-hydroxylation sites is 2. The zero-order chi connectivity index (χ0) is 17.6. The lowest BCUT2D eigenvalue weighted by Crippen LogP contribution is -2.35. The molecule has 24 heavy (non-hydrogen) atoms. The van der Waals surface area contributed by atoms with Crippen LogP contribution in [0.3, 0.4) is 0 Å². The number of aryl methyl sites for hydroxylation is 1. The van der Waals surface area contributed by atoms with Crippen LogP contribution in [-0.2, 0) is 17.8 Å². The molecule has 0 aliphatic heterocycles. The number of benzene rings is 1. The SMILES string of the molecule is C#CCn1c(CCCCCNC(=O)C(C)(C)C)nc2ccccc21. The lowest BCUT2D eigenvalue weighted by atomic mass is 9.96. The van der Waals surface area contributed by atoms with Crippen molar-refractivity contribution in [1.82, 2.24) is 14.9 Å². The molecule has 0 bridgehead atoms. The van der Waals surface area contributed by atoms with Crippen molar-refractivity contribution in [3.63, 3.8) is 0 Å². The summed E-state index contributed by atoms with van der Waals surface area (Å²) < 4.78 is 2.12. The number of terminal acetylenes is 1. The number of aromatic nitrogens is 2. The van der Waals surface area contributed by atoms with Gasteiger partial charge in [0.1, 0.15) is 5.82 Å². The number of nitrogens with one attached hydrogen (secondary N) is 1. The van der Waals surface area contributed by atoms with Gasteiger partial charge in [-0.25, -0.2) is 4.98 Å². The predicted octanol–water partition coefficient (Wildman–Crippen LogP) is 3.54. The number of carbonyl (C=O) groups excluding carboxylic acids is 1. The van der Waals surface area contributed by atoms with Gasteiger partial charge in [-0.05, 0) is 25.0 Å². The highest BCUT2D eigenvalue weighted by molar-refractivity contribution is 5.81. The van der Waals surface area contributed by atoms with Crippen LogP contribution < -0.4 is 5.32 Å². The number of carbonyl (C=O) groups is 1. The zero-order valence-electron chi connectivity index (χ0n) is 14.9. The van der Waals surface area contributed by atoms with Crippen molar-refractivity contribution < 1.29 is 4.79 Å². The van der Waals surface area contributed by atoms with Gasteiger partial charge in [0.05, 0.1) is 17.6 Å². The van der Waals surface area contributed by atoms with Crippen LogP contribution in [0.5, 0.6) is 0 Å². The number of unbranched alkanes of at least 4 members (excludes halogenated alkanes) is 2. The monoisotopic (exact) mass is 325 g/mol. The number of hydrogen-bond acceptors (Lipinski definition) is 2. The smallest absolute Gasteiger partial charge is 0.225 e. The molecule has 1 amide bonds. The van der Waals surface area contributed by atoms with E-state index in [1.165, 1.54) is 0 Å². The second kappa shape index (κ2) is 8.01. The van der Waals surface area contributed by atoms with E-state index in [-0.39, 0.29) is 11.3 Å². The molecule has 0 radical (unpaired) electrons. The summed E-state index contributed by atoms with van der Waals surface area (Å²) in [7, 11) is 0. The van der Waals surface area contributed by atoms with Gasteiger partial charge in [0.15, 0.2) is 0 Å². The van der Waals surface area contributed by atoms with E-state index in [2.05, 4.69) is 21.9 Å². The van der Waals surface area contributed by atoms with E-state index >= 15 is 0 Å². The third-order valence-electron chi connectivity index (χ3n) is 4.03. The summed E-state index contributed by atoms with van der Waals surface area (Å²) in [6.45, 7) is 7.07. The van der Waals surface area contributed by atoms with Crippen LogP contribution in [0.15, 0.2) is 24.3 Å². The van der Waals surface area contributed by atoms with Crippen molar-refractivity contribution in [3.8, 4) is 12.3 Å². The Morgan fingerprint density at radius 2 is 2.00 bits per heavy atom. The van der Waals surface area contributed by atoms with Crippen LogP contribution >= 0.6 is 0 Å². The minimum Gasteiger partial charge on any atom is -0.356 e. The van der Waals surface area contributed by atoms with Gasteiger partial charge >= 0.3 is 0 Å². The number of fused-ring (bicyclic) bond motifs is 1. The minimum atomic E-state index is -0.319. The molecule has 0 spiro atoms. The van der Waals surface area contributed by atoms with E-state index in [1.54, 1.807) is 0 Å². The Hall–Kier alpha value is -2.28. The van der Waals surface area contributed by atoms with Crippen molar-refractivity contribution in [3.05, 3.63) is 30.1 Å². The van der Waals surface area contributed by atoms with Gasteiger partial charge in [-0.1, -0.05) is 45.2 Å². The third-order valence-corrected chi connectivity index (χ3v) is 4.03. The van der Waals surface area contributed by atoms with Crippen molar-refractivity contribution in [2.75, 3.05) is 6.54 Å².